The maximum absolute atomic E-state index is 11.5. The van der Waals surface area contributed by atoms with Gasteiger partial charge in [-0.1, -0.05) is 0 Å². The second-order valence-electron chi connectivity index (χ2n) is 3.20. The van der Waals surface area contributed by atoms with Gasteiger partial charge in [0.05, 0.1) is 10.9 Å². The largest absolute Gasteiger partial charge is 0.508 e. The monoisotopic (exact) mass is 191 g/mol. The summed E-state index contributed by atoms with van der Waals surface area (Å²) in [7, 11) is 0. The molecule has 0 aliphatic rings. The molecule has 1 heterocycles. The van der Waals surface area contributed by atoms with E-state index >= 15 is 0 Å². The minimum atomic E-state index is -0.256. The van der Waals surface area contributed by atoms with Crippen molar-refractivity contribution in [3.05, 3.63) is 34.1 Å². The van der Waals surface area contributed by atoms with Gasteiger partial charge in [0.1, 0.15) is 11.5 Å². The first-order chi connectivity index (χ1) is 6.58. The molecule has 4 nitrogen and oxygen atoms in total. The zero-order chi connectivity index (χ0) is 10.3. The van der Waals surface area contributed by atoms with E-state index in [1.807, 2.05) is 0 Å². The third kappa shape index (κ3) is 1.21. The summed E-state index contributed by atoms with van der Waals surface area (Å²) in [5.74, 6) is -0.280. The van der Waals surface area contributed by atoms with Crippen LogP contribution in [0.3, 0.4) is 0 Å². The highest BCUT2D eigenvalue weighted by Crippen LogP contribution is 2.25. The predicted octanol–water partition coefficient (Wildman–Crippen LogP) is 1.25. The molecule has 0 spiro atoms. The van der Waals surface area contributed by atoms with Crippen LogP contribution < -0.4 is 5.43 Å². The number of aryl methyl sites for hydroxylation is 1. The number of hydrogen-bond donors (Lipinski definition) is 3. The van der Waals surface area contributed by atoms with Crippen molar-refractivity contribution in [1.82, 2.24) is 4.98 Å². The molecule has 2 rings (SSSR count). The molecular weight excluding hydrogens is 182 g/mol. The van der Waals surface area contributed by atoms with Crippen LogP contribution in [0.2, 0.25) is 0 Å². The van der Waals surface area contributed by atoms with Crippen LogP contribution >= 0.6 is 0 Å². The number of hydrogen-bond acceptors (Lipinski definition) is 3. The summed E-state index contributed by atoms with van der Waals surface area (Å²) in [4.78, 5) is 14.4. The number of phenolic OH excluding ortho intramolecular Hbond substituents is 2. The van der Waals surface area contributed by atoms with E-state index in [1.54, 1.807) is 6.92 Å². The molecule has 0 amide bonds. The van der Waals surface area contributed by atoms with Crippen LogP contribution in [0.1, 0.15) is 5.69 Å². The van der Waals surface area contributed by atoms with Gasteiger partial charge >= 0.3 is 0 Å². The molecule has 0 saturated carbocycles. The molecule has 0 aliphatic heterocycles. The Labute approximate surface area is 79.4 Å². The van der Waals surface area contributed by atoms with E-state index in [2.05, 4.69) is 4.98 Å². The Morgan fingerprint density at radius 3 is 2.64 bits per heavy atom. The Balaban J connectivity index is 3.02. The zero-order valence-electron chi connectivity index (χ0n) is 7.53. The van der Waals surface area contributed by atoms with Gasteiger partial charge in [0.15, 0.2) is 5.43 Å². The highest BCUT2D eigenvalue weighted by molar-refractivity contribution is 5.86. The van der Waals surface area contributed by atoms with Crippen LogP contribution in [-0.2, 0) is 0 Å². The van der Waals surface area contributed by atoms with Crippen molar-refractivity contribution in [2.24, 2.45) is 0 Å². The van der Waals surface area contributed by atoms with E-state index in [4.69, 9.17) is 0 Å². The van der Waals surface area contributed by atoms with Gasteiger partial charge in [-0.2, -0.15) is 0 Å². The molecule has 3 N–H and O–H groups in total. The van der Waals surface area contributed by atoms with Crippen molar-refractivity contribution in [3.8, 4) is 11.5 Å². The number of nitrogens with one attached hydrogen (secondary N) is 1. The maximum atomic E-state index is 11.5. The average Bonchev–Trinajstić information content (AvgIpc) is 1.99. The van der Waals surface area contributed by atoms with Crippen molar-refractivity contribution in [1.29, 1.82) is 0 Å². The Morgan fingerprint density at radius 2 is 1.93 bits per heavy atom. The topological polar surface area (TPSA) is 73.3 Å². The number of rotatable bonds is 0. The van der Waals surface area contributed by atoms with Gasteiger partial charge in [-0.3, -0.25) is 4.79 Å². The summed E-state index contributed by atoms with van der Waals surface area (Å²) in [6.07, 6.45) is 0. The van der Waals surface area contributed by atoms with E-state index in [-0.39, 0.29) is 22.3 Å². The van der Waals surface area contributed by atoms with E-state index in [0.717, 1.165) is 6.07 Å². The fourth-order valence-corrected chi connectivity index (χ4v) is 1.49. The summed E-state index contributed by atoms with van der Waals surface area (Å²) < 4.78 is 0. The Kier molecular flexibility index (Phi) is 1.70. The van der Waals surface area contributed by atoms with Crippen molar-refractivity contribution < 1.29 is 10.2 Å². The third-order valence-electron chi connectivity index (χ3n) is 2.03. The van der Waals surface area contributed by atoms with Crippen molar-refractivity contribution >= 4 is 10.9 Å². The van der Waals surface area contributed by atoms with Crippen LogP contribution in [0, 0.1) is 6.92 Å². The number of aromatic nitrogens is 1. The first-order valence-corrected chi connectivity index (χ1v) is 4.13. The van der Waals surface area contributed by atoms with E-state index in [9.17, 15) is 15.0 Å². The van der Waals surface area contributed by atoms with Gasteiger partial charge in [0.2, 0.25) is 0 Å². The van der Waals surface area contributed by atoms with E-state index in [0.29, 0.717) is 11.2 Å². The van der Waals surface area contributed by atoms with E-state index in [1.165, 1.54) is 12.1 Å². The molecule has 4 heteroatoms. The Morgan fingerprint density at radius 1 is 1.21 bits per heavy atom. The quantitative estimate of drug-likeness (QED) is 0.586. The molecule has 0 aliphatic carbocycles. The summed E-state index contributed by atoms with van der Waals surface area (Å²) in [6, 6.07) is 3.95. The number of H-pyrrole nitrogens is 1. The third-order valence-corrected chi connectivity index (χ3v) is 2.03. The van der Waals surface area contributed by atoms with Gasteiger partial charge in [-0.05, 0) is 6.92 Å². The maximum Gasteiger partial charge on any atom is 0.193 e. The van der Waals surface area contributed by atoms with E-state index < -0.39 is 0 Å². The lowest BCUT2D eigenvalue weighted by Crippen LogP contribution is -2.02. The first-order valence-electron chi connectivity index (χ1n) is 4.13. The van der Waals surface area contributed by atoms with Crippen LogP contribution in [0.25, 0.3) is 10.9 Å². The molecular formula is C10H9NO3. The molecule has 72 valence electrons. The number of aromatic amines is 1. The molecule has 0 saturated heterocycles. The minimum absolute atomic E-state index is 0.0729. The lowest BCUT2D eigenvalue weighted by Gasteiger charge is -2.02. The molecule has 0 unspecified atom stereocenters. The number of phenols is 2. The zero-order valence-corrected chi connectivity index (χ0v) is 7.53. The van der Waals surface area contributed by atoms with Gasteiger partial charge in [0, 0.05) is 23.9 Å². The molecule has 1 aromatic heterocycles. The smallest absolute Gasteiger partial charge is 0.193 e. The standard InChI is InChI=1S/C10H9NO3/c1-5-2-8(13)10-7(11-5)3-6(12)4-9(10)14/h2-4,12,14H,1H3,(H,11,13). The first kappa shape index (κ1) is 8.62. The SMILES string of the molecule is Cc1cc(=O)c2c(O)cc(O)cc2[nH]1. The fourth-order valence-electron chi connectivity index (χ4n) is 1.49. The lowest BCUT2D eigenvalue weighted by atomic mass is 10.1. The number of aromatic hydroxyl groups is 2. The van der Waals surface area contributed by atoms with Gasteiger partial charge in [-0.25, -0.2) is 0 Å². The molecule has 1 aromatic carbocycles. The number of benzene rings is 1. The predicted molar refractivity (Wildman–Crippen MR) is 52.6 cm³/mol. The summed E-state index contributed by atoms with van der Waals surface area (Å²) in [5.41, 5.74) is 0.869. The van der Waals surface area contributed by atoms with Crippen LogP contribution in [0.5, 0.6) is 11.5 Å². The van der Waals surface area contributed by atoms with Gasteiger partial charge in [0.25, 0.3) is 0 Å². The van der Waals surface area contributed by atoms with Crippen LogP contribution in [-0.4, -0.2) is 15.2 Å². The second kappa shape index (κ2) is 2.77. The second-order valence-corrected chi connectivity index (χ2v) is 3.20. The van der Waals surface area contributed by atoms with Crippen molar-refractivity contribution in [2.45, 2.75) is 6.92 Å². The minimum Gasteiger partial charge on any atom is -0.508 e. The molecule has 0 radical (unpaired) electrons. The summed E-state index contributed by atoms with van der Waals surface area (Å²) >= 11 is 0. The highest BCUT2D eigenvalue weighted by atomic mass is 16.3. The molecule has 2 aromatic rings. The summed E-state index contributed by atoms with van der Waals surface area (Å²) in [5, 5.41) is 18.9. The Hall–Kier alpha value is -1.97. The number of fused-ring (bicyclic) bond motifs is 1. The average molecular weight is 191 g/mol. The summed E-state index contributed by atoms with van der Waals surface area (Å²) in [6.45, 7) is 1.74. The van der Waals surface area contributed by atoms with Gasteiger partial charge in [-0.15, -0.1) is 0 Å². The molecule has 14 heavy (non-hydrogen) atoms. The molecule has 0 bridgehead atoms. The van der Waals surface area contributed by atoms with Crippen molar-refractivity contribution in [2.75, 3.05) is 0 Å². The number of pyridine rings is 1. The highest BCUT2D eigenvalue weighted by Gasteiger charge is 2.06. The normalized spacial score (nSPS) is 10.6. The van der Waals surface area contributed by atoms with Crippen LogP contribution in [0.15, 0.2) is 23.0 Å². The van der Waals surface area contributed by atoms with Gasteiger partial charge < -0.3 is 15.2 Å². The lowest BCUT2D eigenvalue weighted by molar-refractivity contribution is 0.455. The fraction of sp³-hybridized carbons (Fsp3) is 0.100. The van der Waals surface area contributed by atoms with Crippen molar-refractivity contribution in [3.63, 3.8) is 0 Å². The molecule has 0 fully saturated rings. The van der Waals surface area contributed by atoms with Crippen LogP contribution in [0.4, 0.5) is 0 Å². The molecule has 0 atom stereocenters. The Bertz CT molecular complexity index is 552.